The van der Waals surface area contributed by atoms with Gasteiger partial charge in [0.25, 0.3) is 0 Å². The van der Waals surface area contributed by atoms with Crippen molar-refractivity contribution in [1.29, 1.82) is 0 Å². The number of aromatic nitrogens is 3. The van der Waals surface area contributed by atoms with Crippen LogP contribution in [-0.4, -0.2) is 28.6 Å². The topological polar surface area (TPSA) is 51.1 Å². The number of benzene rings is 1. The Morgan fingerprint density at radius 3 is 2.70 bits per heavy atom. The molecule has 1 aromatic carbocycles. The SMILES string of the molecule is CCOc1nc(Cl)nc(N(C)Cc2cccc(Cl)c2)n1. The van der Waals surface area contributed by atoms with E-state index in [-0.39, 0.29) is 11.3 Å². The fourth-order valence-electron chi connectivity index (χ4n) is 1.67. The third kappa shape index (κ3) is 3.95. The number of hydrogen-bond acceptors (Lipinski definition) is 5. The molecule has 1 aromatic heterocycles. The zero-order valence-corrected chi connectivity index (χ0v) is 12.7. The lowest BCUT2D eigenvalue weighted by Crippen LogP contribution is -2.20. The van der Waals surface area contributed by atoms with Gasteiger partial charge in [-0.3, -0.25) is 0 Å². The van der Waals surface area contributed by atoms with Crippen molar-refractivity contribution >= 4 is 29.2 Å². The van der Waals surface area contributed by atoms with Crippen LogP contribution in [0.1, 0.15) is 12.5 Å². The quantitative estimate of drug-likeness (QED) is 0.848. The van der Waals surface area contributed by atoms with Crippen LogP contribution >= 0.6 is 23.2 Å². The summed E-state index contributed by atoms with van der Waals surface area (Å²) in [7, 11) is 1.86. The summed E-state index contributed by atoms with van der Waals surface area (Å²) in [6.07, 6.45) is 0. The van der Waals surface area contributed by atoms with Crippen LogP contribution in [0, 0.1) is 0 Å². The maximum atomic E-state index is 5.97. The fraction of sp³-hybridized carbons (Fsp3) is 0.308. The second-order valence-electron chi connectivity index (χ2n) is 4.11. The molecule has 0 amide bonds. The van der Waals surface area contributed by atoms with Crippen molar-refractivity contribution in [2.45, 2.75) is 13.5 Å². The van der Waals surface area contributed by atoms with Crippen molar-refractivity contribution in [3.8, 4) is 6.01 Å². The van der Waals surface area contributed by atoms with Gasteiger partial charge < -0.3 is 9.64 Å². The van der Waals surface area contributed by atoms with E-state index in [0.717, 1.165) is 5.56 Å². The molecule has 0 bridgehead atoms. The van der Waals surface area contributed by atoms with Gasteiger partial charge in [0.2, 0.25) is 11.2 Å². The molecule has 0 aliphatic rings. The summed E-state index contributed by atoms with van der Waals surface area (Å²) >= 11 is 11.8. The minimum Gasteiger partial charge on any atom is -0.464 e. The summed E-state index contributed by atoms with van der Waals surface area (Å²) in [6, 6.07) is 7.83. The Bertz CT molecular complexity index is 594. The first kappa shape index (κ1) is 14.8. The van der Waals surface area contributed by atoms with E-state index in [9.17, 15) is 0 Å². The maximum absolute atomic E-state index is 5.97. The number of anilines is 1. The standard InChI is InChI=1S/C13H14Cl2N4O/c1-3-20-13-17-11(15)16-12(18-13)19(2)8-9-5-4-6-10(14)7-9/h4-7H,3,8H2,1-2H3. The van der Waals surface area contributed by atoms with Crippen molar-refractivity contribution in [2.24, 2.45) is 0 Å². The molecule has 0 aliphatic carbocycles. The molecule has 106 valence electrons. The van der Waals surface area contributed by atoms with E-state index in [1.54, 1.807) is 0 Å². The highest BCUT2D eigenvalue weighted by Gasteiger charge is 2.10. The zero-order valence-electron chi connectivity index (χ0n) is 11.2. The summed E-state index contributed by atoms with van der Waals surface area (Å²) in [6.45, 7) is 2.93. The molecular formula is C13H14Cl2N4O. The zero-order chi connectivity index (χ0) is 14.5. The minimum absolute atomic E-state index is 0.108. The number of nitrogens with zero attached hydrogens (tertiary/aromatic N) is 4. The predicted molar refractivity (Wildman–Crippen MR) is 79.6 cm³/mol. The van der Waals surface area contributed by atoms with Crippen LogP contribution in [0.5, 0.6) is 6.01 Å². The van der Waals surface area contributed by atoms with Gasteiger partial charge in [0, 0.05) is 18.6 Å². The number of ether oxygens (including phenoxy) is 1. The molecular weight excluding hydrogens is 299 g/mol. The van der Waals surface area contributed by atoms with Crippen LogP contribution in [-0.2, 0) is 6.54 Å². The van der Waals surface area contributed by atoms with E-state index in [1.807, 2.05) is 43.1 Å². The van der Waals surface area contributed by atoms with Crippen molar-refractivity contribution in [3.63, 3.8) is 0 Å². The van der Waals surface area contributed by atoms with Gasteiger partial charge in [0.15, 0.2) is 0 Å². The highest BCUT2D eigenvalue weighted by molar-refractivity contribution is 6.30. The third-order valence-electron chi connectivity index (χ3n) is 2.50. The van der Waals surface area contributed by atoms with Gasteiger partial charge in [0.05, 0.1) is 6.61 Å². The maximum Gasteiger partial charge on any atom is 0.322 e. The van der Waals surface area contributed by atoms with Crippen molar-refractivity contribution in [1.82, 2.24) is 15.0 Å². The average molecular weight is 313 g/mol. The van der Waals surface area contributed by atoms with Crippen LogP contribution < -0.4 is 9.64 Å². The molecule has 0 spiro atoms. The van der Waals surface area contributed by atoms with Gasteiger partial charge in [-0.15, -0.1) is 0 Å². The summed E-state index contributed by atoms with van der Waals surface area (Å²) in [5, 5.41) is 0.802. The Hall–Kier alpha value is -1.59. The second-order valence-corrected chi connectivity index (χ2v) is 4.88. The molecule has 20 heavy (non-hydrogen) atoms. The summed E-state index contributed by atoms with van der Waals surface area (Å²) in [5.41, 5.74) is 1.05. The van der Waals surface area contributed by atoms with E-state index in [0.29, 0.717) is 24.1 Å². The van der Waals surface area contributed by atoms with Crippen molar-refractivity contribution < 1.29 is 4.74 Å². The molecule has 2 aromatic rings. The fourth-order valence-corrected chi connectivity index (χ4v) is 2.03. The summed E-state index contributed by atoms with van der Waals surface area (Å²) in [5.74, 6) is 0.452. The molecule has 0 N–H and O–H groups in total. The monoisotopic (exact) mass is 312 g/mol. The average Bonchev–Trinajstić information content (AvgIpc) is 2.38. The van der Waals surface area contributed by atoms with Gasteiger partial charge in [-0.1, -0.05) is 23.7 Å². The highest BCUT2D eigenvalue weighted by Crippen LogP contribution is 2.17. The highest BCUT2D eigenvalue weighted by atomic mass is 35.5. The molecule has 0 atom stereocenters. The molecule has 0 aliphatic heterocycles. The third-order valence-corrected chi connectivity index (χ3v) is 2.90. The minimum atomic E-state index is 0.108. The van der Waals surface area contributed by atoms with Gasteiger partial charge >= 0.3 is 6.01 Å². The van der Waals surface area contributed by atoms with E-state index < -0.39 is 0 Å². The Kier molecular flexibility index (Phi) is 4.98. The molecule has 1 heterocycles. The van der Waals surface area contributed by atoms with E-state index >= 15 is 0 Å². The Balaban J connectivity index is 2.18. The van der Waals surface area contributed by atoms with E-state index in [4.69, 9.17) is 27.9 Å². The molecule has 0 saturated heterocycles. The number of halogens is 2. The van der Waals surface area contributed by atoms with Crippen LogP contribution in [0.2, 0.25) is 10.3 Å². The largest absolute Gasteiger partial charge is 0.464 e. The predicted octanol–water partition coefficient (Wildman–Crippen LogP) is 3.21. The Morgan fingerprint density at radius 2 is 2.00 bits per heavy atom. The second kappa shape index (κ2) is 6.72. The van der Waals surface area contributed by atoms with E-state index in [1.165, 1.54) is 0 Å². The molecule has 0 saturated carbocycles. The first-order valence-corrected chi connectivity index (χ1v) is 6.84. The first-order chi connectivity index (χ1) is 9.58. The molecule has 2 rings (SSSR count). The van der Waals surface area contributed by atoms with Gasteiger partial charge in [-0.2, -0.15) is 15.0 Å². The molecule has 0 radical (unpaired) electrons. The number of hydrogen-bond donors (Lipinski definition) is 0. The lowest BCUT2D eigenvalue weighted by Gasteiger charge is -2.17. The molecule has 0 unspecified atom stereocenters. The number of rotatable bonds is 5. The Morgan fingerprint density at radius 1 is 1.20 bits per heavy atom. The summed E-state index contributed by atoms with van der Waals surface area (Å²) in [4.78, 5) is 14.0. The van der Waals surface area contributed by atoms with Crippen LogP contribution in [0.4, 0.5) is 5.95 Å². The van der Waals surface area contributed by atoms with Crippen LogP contribution in [0.15, 0.2) is 24.3 Å². The molecule has 5 nitrogen and oxygen atoms in total. The molecule has 7 heteroatoms. The first-order valence-electron chi connectivity index (χ1n) is 6.08. The normalized spacial score (nSPS) is 10.4. The lowest BCUT2D eigenvalue weighted by molar-refractivity contribution is 0.311. The van der Waals surface area contributed by atoms with Crippen molar-refractivity contribution in [3.05, 3.63) is 40.1 Å². The van der Waals surface area contributed by atoms with Gasteiger partial charge in [-0.25, -0.2) is 0 Å². The van der Waals surface area contributed by atoms with Gasteiger partial charge in [-0.05, 0) is 36.2 Å². The van der Waals surface area contributed by atoms with Crippen LogP contribution in [0.25, 0.3) is 0 Å². The van der Waals surface area contributed by atoms with E-state index in [2.05, 4.69) is 15.0 Å². The summed E-state index contributed by atoms with van der Waals surface area (Å²) < 4.78 is 5.25. The molecule has 0 fully saturated rings. The Labute approximate surface area is 127 Å². The smallest absolute Gasteiger partial charge is 0.322 e. The lowest BCUT2D eigenvalue weighted by atomic mass is 10.2. The van der Waals surface area contributed by atoms with Gasteiger partial charge in [0.1, 0.15) is 0 Å². The van der Waals surface area contributed by atoms with Crippen molar-refractivity contribution in [2.75, 3.05) is 18.6 Å². The van der Waals surface area contributed by atoms with Crippen LogP contribution in [0.3, 0.4) is 0 Å².